The van der Waals surface area contributed by atoms with Gasteiger partial charge in [-0.15, -0.1) is 11.6 Å². The molecule has 1 unspecified atom stereocenters. The molecule has 1 aliphatic rings. The van der Waals surface area contributed by atoms with Crippen LogP contribution in [0.15, 0.2) is 12.3 Å². The summed E-state index contributed by atoms with van der Waals surface area (Å²) in [6, 6.07) is 2.56. The highest BCUT2D eigenvalue weighted by atomic mass is 35.5. The van der Waals surface area contributed by atoms with Crippen LogP contribution in [0.25, 0.3) is 0 Å². The summed E-state index contributed by atoms with van der Waals surface area (Å²) >= 11 is 6.26. The first-order valence-corrected chi connectivity index (χ1v) is 6.28. The van der Waals surface area contributed by atoms with E-state index in [2.05, 4.69) is 31.2 Å². The summed E-state index contributed by atoms with van der Waals surface area (Å²) in [5.74, 6) is 0.791. The lowest BCUT2D eigenvalue weighted by Gasteiger charge is -2.06. The van der Waals surface area contributed by atoms with Crippen LogP contribution in [0.4, 0.5) is 0 Å². The first-order chi connectivity index (χ1) is 7.16. The van der Waals surface area contributed by atoms with Gasteiger partial charge in [0.25, 0.3) is 0 Å². The van der Waals surface area contributed by atoms with Gasteiger partial charge < -0.3 is 0 Å². The first-order valence-electron chi connectivity index (χ1n) is 5.85. The molecule has 1 saturated carbocycles. The summed E-state index contributed by atoms with van der Waals surface area (Å²) in [6.07, 6.45) is 6.80. The van der Waals surface area contributed by atoms with Crippen molar-refractivity contribution in [2.24, 2.45) is 5.92 Å². The number of aryl methyl sites for hydroxylation is 1. The number of nitrogens with zero attached hydrogens (tertiary/aromatic N) is 2. The second-order valence-corrected chi connectivity index (χ2v) is 5.33. The van der Waals surface area contributed by atoms with E-state index in [1.807, 2.05) is 4.68 Å². The molecule has 0 aliphatic heterocycles. The minimum absolute atomic E-state index is 0.370. The summed E-state index contributed by atoms with van der Waals surface area (Å²) in [7, 11) is 0. The normalized spacial score (nSPS) is 18.4. The molecule has 0 amide bonds. The van der Waals surface area contributed by atoms with Crippen LogP contribution in [0.1, 0.15) is 44.8 Å². The molecule has 3 heteroatoms. The summed E-state index contributed by atoms with van der Waals surface area (Å²) in [5.41, 5.74) is 1.18. The zero-order chi connectivity index (χ0) is 10.8. The number of hydrogen-bond acceptors (Lipinski definition) is 1. The molecule has 1 fully saturated rings. The summed E-state index contributed by atoms with van der Waals surface area (Å²) in [4.78, 5) is 0. The Balaban J connectivity index is 1.82. The second kappa shape index (κ2) is 4.56. The van der Waals surface area contributed by atoms with Crippen molar-refractivity contribution in [1.82, 2.24) is 9.78 Å². The molecule has 1 heterocycles. The Labute approximate surface area is 96.6 Å². The van der Waals surface area contributed by atoms with E-state index in [-0.39, 0.29) is 0 Å². The molecule has 84 valence electrons. The van der Waals surface area contributed by atoms with Crippen LogP contribution >= 0.6 is 11.6 Å². The van der Waals surface area contributed by atoms with Gasteiger partial charge in [0.2, 0.25) is 0 Å². The maximum absolute atomic E-state index is 6.26. The monoisotopic (exact) mass is 226 g/mol. The topological polar surface area (TPSA) is 17.8 Å². The number of rotatable bonds is 5. The maximum Gasteiger partial charge on any atom is 0.0625 e. The molecular formula is C12H19ClN2. The Kier molecular flexibility index (Phi) is 3.35. The minimum Gasteiger partial charge on any atom is -0.270 e. The Bertz CT molecular complexity index is 315. The summed E-state index contributed by atoms with van der Waals surface area (Å²) in [5, 5.41) is 4.89. The fourth-order valence-corrected chi connectivity index (χ4v) is 2.14. The van der Waals surface area contributed by atoms with Gasteiger partial charge in [-0.2, -0.15) is 5.10 Å². The lowest BCUT2D eigenvalue weighted by Crippen LogP contribution is -2.05. The second-order valence-electron chi connectivity index (χ2n) is 4.77. The molecule has 1 aliphatic carbocycles. The number of hydrogen-bond donors (Lipinski definition) is 0. The summed E-state index contributed by atoms with van der Waals surface area (Å²) < 4.78 is 2.01. The quantitative estimate of drug-likeness (QED) is 0.704. The predicted molar refractivity (Wildman–Crippen MR) is 63.3 cm³/mol. The minimum atomic E-state index is 0.370. The van der Waals surface area contributed by atoms with Crippen molar-refractivity contribution in [2.45, 2.75) is 50.9 Å². The van der Waals surface area contributed by atoms with Crippen LogP contribution in [0, 0.1) is 5.92 Å². The summed E-state index contributed by atoms with van der Waals surface area (Å²) in [6.45, 7) is 4.29. The van der Waals surface area contributed by atoms with Gasteiger partial charge in [0, 0.05) is 17.6 Å². The molecular weight excluding hydrogens is 208 g/mol. The predicted octanol–water partition coefficient (Wildman–Crippen LogP) is 3.41. The molecule has 1 aromatic heterocycles. The molecule has 1 atom stereocenters. The van der Waals surface area contributed by atoms with Crippen molar-refractivity contribution < 1.29 is 0 Å². The highest BCUT2D eigenvalue weighted by Gasteiger charge is 2.29. The molecule has 15 heavy (non-hydrogen) atoms. The van der Waals surface area contributed by atoms with Crippen LogP contribution in [-0.4, -0.2) is 15.2 Å². The highest BCUT2D eigenvalue weighted by molar-refractivity contribution is 6.20. The van der Waals surface area contributed by atoms with Gasteiger partial charge in [0.15, 0.2) is 0 Å². The molecule has 0 spiro atoms. The molecule has 0 radical (unpaired) electrons. The van der Waals surface area contributed by atoms with E-state index < -0.39 is 0 Å². The van der Waals surface area contributed by atoms with Gasteiger partial charge in [0.1, 0.15) is 0 Å². The molecule has 0 bridgehead atoms. The van der Waals surface area contributed by atoms with E-state index in [0.29, 0.717) is 11.4 Å². The number of alkyl halides is 1. The third-order valence-corrected chi connectivity index (χ3v) is 3.58. The third kappa shape index (κ3) is 2.97. The number of aromatic nitrogens is 2. The van der Waals surface area contributed by atoms with Crippen LogP contribution in [0.3, 0.4) is 0 Å². The van der Waals surface area contributed by atoms with Gasteiger partial charge >= 0.3 is 0 Å². The lowest BCUT2D eigenvalue weighted by molar-refractivity contribution is 0.523. The highest BCUT2D eigenvalue weighted by Crippen LogP contribution is 2.37. The van der Waals surface area contributed by atoms with E-state index in [9.17, 15) is 0 Å². The fourth-order valence-electron chi connectivity index (χ4n) is 1.78. The van der Waals surface area contributed by atoms with Crippen molar-refractivity contribution in [3.05, 3.63) is 18.0 Å². The molecule has 2 rings (SSSR count). The standard InChI is InChI=1S/C12H19ClN2/c1-9(2)15-8-7-11(14-15)5-6-12(13)10-3-4-10/h7-10,12H,3-6H2,1-2H3. The first kappa shape index (κ1) is 11.0. The van der Waals surface area contributed by atoms with Crippen LogP contribution in [-0.2, 0) is 6.42 Å². The van der Waals surface area contributed by atoms with E-state index in [1.165, 1.54) is 18.5 Å². The van der Waals surface area contributed by atoms with Crippen molar-refractivity contribution >= 4 is 11.6 Å². The Hall–Kier alpha value is -0.500. The largest absolute Gasteiger partial charge is 0.270 e. The van der Waals surface area contributed by atoms with E-state index in [0.717, 1.165) is 18.8 Å². The van der Waals surface area contributed by atoms with Gasteiger partial charge in [0.05, 0.1) is 5.69 Å². The average molecular weight is 227 g/mol. The van der Waals surface area contributed by atoms with Crippen LogP contribution in [0.5, 0.6) is 0 Å². The van der Waals surface area contributed by atoms with Gasteiger partial charge in [-0.05, 0) is 51.5 Å². The smallest absolute Gasteiger partial charge is 0.0625 e. The van der Waals surface area contributed by atoms with Gasteiger partial charge in [-0.25, -0.2) is 0 Å². The van der Waals surface area contributed by atoms with E-state index in [4.69, 9.17) is 11.6 Å². The van der Waals surface area contributed by atoms with Gasteiger partial charge in [-0.3, -0.25) is 4.68 Å². The lowest BCUT2D eigenvalue weighted by atomic mass is 10.1. The maximum atomic E-state index is 6.26. The SMILES string of the molecule is CC(C)n1ccc(CCC(Cl)C2CC2)n1. The van der Waals surface area contributed by atoms with Crippen molar-refractivity contribution in [3.63, 3.8) is 0 Å². The zero-order valence-electron chi connectivity index (χ0n) is 9.49. The van der Waals surface area contributed by atoms with Crippen LogP contribution in [0.2, 0.25) is 0 Å². The molecule has 2 nitrogen and oxygen atoms in total. The molecule has 0 aromatic carbocycles. The average Bonchev–Trinajstić information content (AvgIpc) is 2.93. The molecule has 1 aromatic rings. The van der Waals surface area contributed by atoms with Crippen LogP contribution < -0.4 is 0 Å². The van der Waals surface area contributed by atoms with Crippen molar-refractivity contribution in [3.8, 4) is 0 Å². The van der Waals surface area contributed by atoms with Crippen molar-refractivity contribution in [1.29, 1.82) is 0 Å². The van der Waals surface area contributed by atoms with E-state index >= 15 is 0 Å². The molecule has 0 saturated heterocycles. The van der Waals surface area contributed by atoms with E-state index in [1.54, 1.807) is 0 Å². The Morgan fingerprint density at radius 2 is 2.27 bits per heavy atom. The zero-order valence-corrected chi connectivity index (χ0v) is 10.2. The third-order valence-electron chi connectivity index (χ3n) is 3.00. The molecule has 0 N–H and O–H groups in total. The number of halogens is 1. The van der Waals surface area contributed by atoms with Crippen molar-refractivity contribution in [2.75, 3.05) is 0 Å². The Morgan fingerprint density at radius 3 is 2.80 bits per heavy atom. The Morgan fingerprint density at radius 1 is 1.53 bits per heavy atom. The van der Waals surface area contributed by atoms with Gasteiger partial charge in [-0.1, -0.05) is 0 Å². The fraction of sp³-hybridized carbons (Fsp3) is 0.750.